The molecule has 24 heavy (non-hydrogen) atoms. The van der Waals surface area contributed by atoms with Gasteiger partial charge in [-0.25, -0.2) is 0 Å². The number of benzene rings is 2. The van der Waals surface area contributed by atoms with Crippen molar-refractivity contribution in [3.05, 3.63) is 70.8 Å². The van der Waals surface area contributed by atoms with Gasteiger partial charge in [0.1, 0.15) is 0 Å². The van der Waals surface area contributed by atoms with E-state index in [-0.39, 0.29) is 11.9 Å². The Morgan fingerprint density at radius 1 is 1.21 bits per heavy atom. The number of nitrogens with zero attached hydrogens (tertiary/aromatic N) is 2. The van der Waals surface area contributed by atoms with Crippen molar-refractivity contribution in [2.75, 3.05) is 6.54 Å². The van der Waals surface area contributed by atoms with Crippen molar-refractivity contribution < 1.29 is 4.79 Å². The van der Waals surface area contributed by atoms with Crippen molar-refractivity contribution in [2.45, 2.75) is 39.7 Å². The smallest absolute Gasteiger partial charge is 0.223 e. The van der Waals surface area contributed by atoms with Crippen molar-refractivity contribution in [1.29, 1.82) is 5.26 Å². The molecule has 0 N–H and O–H groups in total. The second kappa shape index (κ2) is 8.31. The van der Waals surface area contributed by atoms with Gasteiger partial charge >= 0.3 is 0 Å². The lowest BCUT2D eigenvalue weighted by Crippen LogP contribution is -2.33. The molecule has 0 spiro atoms. The number of amides is 1. The molecule has 0 radical (unpaired) electrons. The number of nitriles is 1. The number of rotatable bonds is 6. The minimum atomic E-state index is 0.00718. The summed E-state index contributed by atoms with van der Waals surface area (Å²) in [6, 6.07) is 17.9. The summed E-state index contributed by atoms with van der Waals surface area (Å²) >= 11 is 0. The van der Waals surface area contributed by atoms with Crippen LogP contribution < -0.4 is 0 Å². The van der Waals surface area contributed by atoms with E-state index >= 15 is 0 Å². The molecule has 2 aromatic rings. The number of hydrogen-bond acceptors (Lipinski definition) is 2. The molecule has 1 amide bonds. The fourth-order valence-electron chi connectivity index (χ4n) is 2.94. The topological polar surface area (TPSA) is 44.1 Å². The first-order valence-electron chi connectivity index (χ1n) is 8.40. The number of aryl methyl sites for hydroxylation is 2. The van der Waals surface area contributed by atoms with Crippen molar-refractivity contribution in [2.24, 2.45) is 0 Å². The Morgan fingerprint density at radius 2 is 1.92 bits per heavy atom. The van der Waals surface area contributed by atoms with E-state index in [1.54, 1.807) is 12.1 Å². The summed E-state index contributed by atoms with van der Waals surface area (Å²) in [6.45, 7) is 6.78. The van der Waals surface area contributed by atoms with Gasteiger partial charge in [0, 0.05) is 13.0 Å². The molecule has 0 aliphatic carbocycles. The van der Waals surface area contributed by atoms with E-state index in [0.717, 1.165) is 12.0 Å². The first-order chi connectivity index (χ1) is 11.5. The number of hydrogen-bond donors (Lipinski definition) is 0. The third-order valence-corrected chi connectivity index (χ3v) is 4.36. The molecule has 1 atom stereocenters. The highest BCUT2D eigenvalue weighted by molar-refractivity contribution is 5.77. The second-order valence-corrected chi connectivity index (χ2v) is 6.08. The predicted molar refractivity (Wildman–Crippen MR) is 96.5 cm³/mol. The maximum Gasteiger partial charge on any atom is 0.223 e. The lowest BCUT2D eigenvalue weighted by Gasteiger charge is -2.28. The Balaban J connectivity index is 2.03. The summed E-state index contributed by atoms with van der Waals surface area (Å²) in [7, 11) is 0. The van der Waals surface area contributed by atoms with Gasteiger partial charge in [-0.05, 0) is 50.5 Å². The molecule has 0 bridgehead atoms. The normalized spacial score (nSPS) is 11.6. The standard InChI is InChI=1S/C21H24N2O/c1-4-23(17(3)20-11-8-19(15-22)9-12-20)21(24)13-10-18-7-5-6-16(2)14-18/h5-9,11-12,14,17H,4,10,13H2,1-3H3. The minimum Gasteiger partial charge on any atom is -0.336 e. The predicted octanol–water partition coefficient (Wildman–Crippen LogP) is 4.41. The molecule has 2 rings (SSSR count). The van der Waals surface area contributed by atoms with Gasteiger partial charge in [-0.15, -0.1) is 0 Å². The van der Waals surface area contributed by atoms with Crippen molar-refractivity contribution in [1.82, 2.24) is 4.90 Å². The number of carbonyl (C=O) groups is 1. The zero-order valence-corrected chi connectivity index (χ0v) is 14.6. The molecule has 0 saturated heterocycles. The van der Waals surface area contributed by atoms with Gasteiger partial charge in [0.2, 0.25) is 5.91 Å². The Kier molecular flexibility index (Phi) is 6.14. The van der Waals surface area contributed by atoms with Crippen LogP contribution in [0, 0.1) is 18.3 Å². The van der Waals surface area contributed by atoms with Gasteiger partial charge in [0.25, 0.3) is 0 Å². The summed E-state index contributed by atoms with van der Waals surface area (Å²) < 4.78 is 0. The summed E-state index contributed by atoms with van der Waals surface area (Å²) in [4.78, 5) is 14.5. The Bertz CT molecular complexity index is 728. The van der Waals surface area contributed by atoms with Crippen LogP contribution >= 0.6 is 0 Å². The van der Waals surface area contributed by atoms with Gasteiger partial charge in [-0.3, -0.25) is 4.79 Å². The van der Waals surface area contributed by atoms with Crippen LogP contribution in [-0.4, -0.2) is 17.4 Å². The van der Waals surface area contributed by atoms with E-state index < -0.39 is 0 Å². The zero-order chi connectivity index (χ0) is 17.5. The van der Waals surface area contributed by atoms with E-state index in [0.29, 0.717) is 18.5 Å². The van der Waals surface area contributed by atoms with E-state index in [9.17, 15) is 4.79 Å². The summed E-state index contributed by atoms with van der Waals surface area (Å²) in [5.74, 6) is 0.163. The van der Waals surface area contributed by atoms with Crippen LogP contribution in [0.5, 0.6) is 0 Å². The van der Waals surface area contributed by atoms with Gasteiger partial charge in [-0.2, -0.15) is 5.26 Å². The molecule has 3 heteroatoms. The maximum atomic E-state index is 12.6. The third kappa shape index (κ3) is 4.45. The fourth-order valence-corrected chi connectivity index (χ4v) is 2.94. The lowest BCUT2D eigenvalue weighted by atomic mass is 10.0. The van der Waals surface area contributed by atoms with Gasteiger partial charge in [0.15, 0.2) is 0 Å². The molecule has 0 aromatic heterocycles. The second-order valence-electron chi connectivity index (χ2n) is 6.08. The SMILES string of the molecule is CCN(C(=O)CCc1cccc(C)c1)C(C)c1ccc(C#N)cc1. The molecule has 0 heterocycles. The van der Waals surface area contributed by atoms with E-state index in [1.165, 1.54) is 11.1 Å². The summed E-state index contributed by atoms with van der Waals surface area (Å²) in [5.41, 5.74) is 4.11. The molecule has 0 saturated carbocycles. The highest BCUT2D eigenvalue weighted by atomic mass is 16.2. The van der Waals surface area contributed by atoms with Crippen molar-refractivity contribution in [3.63, 3.8) is 0 Å². The van der Waals surface area contributed by atoms with Crippen LogP contribution in [0.3, 0.4) is 0 Å². The number of carbonyl (C=O) groups excluding carboxylic acids is 1. The monoisotopic (exact) mass is 320 g/mol. The summed E-state index contributed by atoms with van der Waals surface area (Å²) in [5, 5.41) is 8.89. The third-order valence-electron chi connectivity index (χ3n) is 4.36. The van der Waals surface area contributed by atoms with E-state index in [4.69, 9.17) is 5.26 Å². The average molecular weight is 320 g/mol. The lowest BCUT2D eigenvalue weighted by molar-refractivity contribution is -0.133. The molecular weight excluding hydrogens is 296 g/mol. The zero-order valence-electron chi connectivity index (χ0n) is 14.6. The molecule has 124 valence electrons. The van der Waals surface area contributed by atoms with Crippen molar-refractivity contribution in [3.8, 4) is 6.07 Å². The Hall–Kier alpha value is -2.60. The molecule has 2 aromatic carbocycles. The van der Waals surface area contributed by atoms with Gasteiger partial charge < -0.3 is 4.90 Å². The molecule has 1 unspecified atom stereocenters. The highest BCUT2D eigenvalue weighted by Gasteiger charge is 2.19. The molecule has 0 aliphatic rings. The quantitative estimate of drug-likeness (QED) is 0.791. The Labute approximate surface area is 144 Å². The fraction of sp³-hybridized carbons (Fsp3) is 0.333. The van der Waals surface area contributed by atoms with Crippen LogP contribution in [-0.2, 0) is 11.2 Å². The van der Waals surface area contributed by atoms with Crippen LogP contribution in [0.15, 0.2) is 48.5 Å². The Morgan fingerprint density at radius 3 is 2.50 bits per heavy atom. The first-order valence-corrected chi connectivity index (χ1v) is 8.40. The largest absolute Gasteiger partial charge is 0.336 e. The summed E-state index contributed by atoms with van der Waals surface area (Å²) in [6.07, 6.45) is 1.27. The van der Waals surface area contributed by atoms with Crippen LogP contribution in [0.4, 0.5) is 0 Å². The minimum absolute atomic E-state index is 0.00718. The van der Waals surface area contributed by atoms with E-state index in [2.05, 4.69) is 31.2 Å². The van der Waals surface area contributed by atoms with Crippen LogP contribution in [0.1, 0.15) is 48.6 Å². The first kappa shape index (κ1) is 17.7. The van der Waals surface area contributed by atoms with Crippen LogP contribution in [0.25, 0.3) is 0 Å². The van der Waals surface area contributed by atoms with Gasteiger partial charge in [0.05, 0.1) is 17.7 Å². The van der Waals surface area contributed by atoms with Gasteiger partial charge in [-0.1, -0.05) is 42.0 Å². The van der Waals surface area contributed by atoms with E-state index in [1.807, 2.05) is 36.9 Å². The molecule has 3 nitrogen and oxygen atoms in total. The molecule has 0 aliphatic heterocycles. The average Bonchev–Trinajstić information content (AvgIpc) is 2.60. The van der Waals surface area contributed by atoms with Crippen LogP contribution in [0.2, 0.25) is 0 Å². The maximum absolute atomic E-state index is 12.6. The highest BCUT2D eigenvalue weighted by Crippen LogP contribution is 2.22. The molecule has 0 fully saturated rings. The molecular formula is C21H24N2O. The van der Waals surface area contributed by atoms with Crippen molar-refractivity contribution >= 4 is 5.91 Å².